The van der Waals surface area contributed by atoms with Gasteiger partial charge < -0.3 is 10.2 Å². The van der Waals surface area contributed by atoms with E-state index in [1.807, 2.05) is 61.5 Å². The predicted octanol–water partition coefficient (Wildman–Crippen LogP) is 4.35. The quantitative estimate of drug-likeness (QED) is 0.466. The fraction of sp³-hybridized carbons (Fsp3) is 0.231. The number of amides is 2. The lowest BCUT2D eigenvalue weighted by Gasteiger charge is -2.29. The van der Waals surface area contributed by atoms with Crippen LogP contribution in [-0.4, -0.2) is 38.5 Å². The summed E-state index contributed by atoms with van der Waals surface area (Å²) >= 11 is 0. The summed E-state index contributed by atoms with van der Waals surface area (Å²) in [7, 11) is 0. The largest absolute Gasteiger partial charge is 0.345 e. The van der Waals surface area contributed by atoms with Gasteiger partial charge in [-0.25, -0.2) is 4.68 Å². The first kappa shape index (κ1) is 22.6. The van der Waals surface area contributed by atoms with E-state index in [9.17, 15) is 18.4 Å². The fourth-order valence-corrected chi connectivity index (χ4v) is 4.53. The maximum absolute atomic E-state index is 13.6. The molecule has 7 nitrogen and oxygen atoms in total. The summed E-state index contributed by atoms with van der Waals surface area (Å²) in [6, 6.07) is 17.0. The number of carbonyl (C=O) groups is 2. The van der Waals surface area contributed by atoms with Crippen LogP contribution >= 0.6 is 0 Å². The first-order valence-corrected chi connectivity index (χ1v) is 11.2. The summed E-state index contributed by atoms with van der Waals surface area (Å²) in [4.78, 5) is 31.0. The van der Waals surface area contributed by atoms with Gasteiger partial charge in [-0.15, -0.1) is 0 Å². The molecule has 0 spiro atoms. The standard InChI is InChI=1S/C26H23F2N5O2/c1-16-12-20(10-11-29-16)33-22-9-8-19(13-18(22)15-30-33)32-23(34)14-21(31-25(35)26(2,27)28)24(32)17-6-4-3-5-7-17/h3-13,15,21,24H,14H2,1-2H3,(H,31,35)/t21-,24?/m1/s1. The third-order valence-electron chi connectivity index (χ3n) is 6.13. The molecule has 1 unspecified atom stereocenters. The minimum absolute atomic E-state index is 0.0883. The van der Waals surface area contributed by atoms with E-state index in [0.29, 0.717) is 12.6 Å². The molecular weight excluding hydrogens is 452 g/mol. The Kier molecular flexibility index (Phi) is 5.55. The Labute approximate surface area is 200 Å². The molecule has 0 bridgehead atoms. The van der Waals surface area contributed by atoms with Gasteiger partial charge in [0.1, 0.15) is 0 Å². The molecule has 1 saturated heterocycles. The van der Waals surface area contributed by atoms with E-state index in [2.05, 4.69) is 15.4 Å². The molecule has 1 aliphatic heterocycles. The first-order chi connectivity index (χ1) is 16.7. The summed E-state index contributed by atoms with van der Waals surface area (Å²) in [6.45, 7) is 2.45. The Balaban J connectivity index is 1.54. The minimum Gasteiger partial charge on any atom is -0.345 e. The summed E-state index contributed by atoms with van der Waals surface area (Å²) in [6.07, 6.45) is 3.34. The van der Waals surface area contributed by atoms with Crippen molar-refractivity contribution in [2.45, 2.75) is 38.3 Å². The van der Waals surface area contributed by atoms with Gasteiger partial charge >= 0.3 is 5.92 Å². The van der Waals surface area contributed by atoms with Crippen molar-refractivity contribution < 1.29 is 18.4 Å². The molecule has 2 amide bonds. The lowest BCUT2D eigenvalue weighted by Crippen LogP contribution is -2.46. The average Bonchev–Trinajstić information content (AvgIpc) is 3.39. The van der Waals surface area contributed by atoms with Crippen molar-refractivity contribution in [3.63, 3.8) is 0 Å². The average molecular weight is 475 g/mol. The zero-order valence-electron chi connectivity index (χ0n) is 19.2. The van der Waals surface area contributed by atoms with Gasteiger partial charge in [-0.1, -0.05) is 30.3 Å². The highest BCUT2D eigenvalue weighted by atomic mass is 19.3. The van der Waals surface area contributed by atoms with Gasteiger partial charge in [-0.05, 0) is 42.8 Å². The maximum Gasteiger partial charge on any atom is 0.321 e. The van der Waals surface area contributed by atoms with Gasteiger partial charge in [-0.2, -0.15) is 13.9 Å². The van der Waals surface area contributed by atoms with Gasteiger partial charge in [0.25, 0.3) is 5.91 Å². The third-order valence-corrected chi connectivity index (χ3v) is 6.13. The minimum atomic E-state index is -3.55. The Hall–Kier alpha value is -4.14. The monoisotopic (exact) mass is 475 g/mol. The number of aryl methyl sites for hydroxylation is 1. The number of alkyl halides is 2. The van der Waals surface area contributed by atoms with Crippen LogP contribution in [0.2, 0.25) is 0 Å². The van der Waals surface area contributed by atoms with Crippen LogP contribution in [-0.2, 0) is 9.59 Å². The topological polar surface area (TPSA) is 80.1 Å². The maximum atomic E-state index is 13.6. The number of halogens is 2. The number of carbonyl (C=O) groups excluding carboxylic acids is 2. The lowest BCUT2D eigenvalue weighted by molar-refractivity contribution is -0.143. The smallest absolute Gasteiger partial charge is 0.321 e. The lowest BCUT2D eigenvalue weighted by atomic mass is 9.99. The van der Waals surface area contributed by atoms with E-state index in [1.54, 1.807) is 28.0 Å². The molecule has 0 aliphatic carbocycles. The number of nitrogens with zero attached hydrogens (tertiary/aromatic N) is 4. The van der Waals surface area contributed by atoms with Crippen molar-refractivity contribution in [3.8, 4) is 5.69 Å². The summed E-state index contributed by atoms with van der Waals surface area (Å²) in [5.74, 6) is -5.21. The van der Waals surface area contributed by atoms with Crippen LogP contribution in [0.25, 0.3) is 16.6 Å². The second-order valence-electron chi connectivity index (χ2n) is 8.75. The van der Waals surface area contributed by atoms with Crippen LogP contribution in [0, 0.1) is 6.92 Å². The molecule has 178 valence electrons. The van der Waals surface area contributed by atoms with E-state index in [0.717, 1.165) is 27.8 Å². The normalized spacial score (nSPS) is 18.3. The third kappa shape index (κ3) is 4.25. The summed E-state index contributed by atoms with van der Waals surface area (Å²) in [5.41, 5.74) is 3.91. The summed E-state index contributed by atoms with van der Waals surface area (Å²) < 4.78 is 29.1. The molecule has 4 aromatic rings. The van der Waals surface area contributed by atoms with Crippen molar-refractivity contribution in [2.75, 3.05) is 4.90 Å². The Morgan fingerprint density at radius 1 is 1.09 bits per heavy atom. The Bertz CT molecular complexity index is 1410. The number of benzene rings is 2. The van der Waals surface area contributed by atoms with E-state index in [4.69, 9.17) is 0 Å². The van der Waals surface area contributed by atoms with Crippen molar-refractivity contribution in [3.05, 3.63) is 84.3 Å². The highest BCUT2D eigenvalue weighted by molar-refractivity contribution is 6.00. The van der Waals surface area contributed by atoms with Crippen molar-refractivity contribution >= 4 is 28.4 Å². The van der Waals surface area contributed by atoms with Crippen molar-refractivity contribution in [1.29, 1.82) is 0 Å². The van der Waals surface area contributed by atoms with E-state index in [1.165, 1.54) is 0 Å². The van der Waals surface area contributed by atoms with Gasteiger partial charge in [0.2, 0.25) is 5.91 Å². The van der Waals surface area contributed by atoms with Crippen LogP contribution in [0.5, 0.6) is 0 Å². The second-order valence-corrected chi connectivity index (χ2v) is 8.75. The van der Waals surface area contributed by atoms with Crippen molar-refractivity contribution in [2.24, 2.45) is 0 Å². The Morgan fingerprint density at radius 3 is 2.57 bits per heavy atom. The van der Waals surface area contributed by atoms with Gasteiger partial charge in [0.15, 0.2) is 0 Å². The Morgan fingerprint density at radius 2 is 1.86 bits per heavy atom. The molecule has 3 heterocycles. The van der Waals surface area contributed by atoms with E-state index >= 15 is 0 Å². The summed E-state index contributed by atoms with van der Waals surface area (Å²) in [5, 5.41) is 7.70. The highest BCUT2D eigenvalue weighted by Crippen LogP contribution is 2.39. The number of anilines is 1. The molecule has 2 aromatic carbocycles. The van der Waals surface area contributed by atoms with Crippen LogP contribution < -0.4 is 10.2 Å². The first-order valence-electron chi connectivity index (χ1n) is 11.2. The molecular formula is C26H23F2N5O2. The molecule has 2 atom stereocenters. The van der Waals surface area contributed by atoms with Crippen LogP contribution in [0.15, 0.2) is 73.1 Å². The number of aromatic nitrogens is 3. The SMILES string of the molecule is Cc1cc(-n2ncc3cc(N4C(=O)C[C@@H](NC(=O)C(C)(F)F)C4c4ccccc4)ccc32)ccn1. The number of pyridine rings is 1. The van der Waals surface area contributed by atoms with Gasteiger partial charge in [0.05, 0.1) is 29.5 Å². The molecule has 2 aromatic heterocycles. The predicted molar refractivity (Wildman–Crippen MR) is 127 cm³/mol. The van der Waals surface area contributed by atoms with E-state index in [-0.39, 0.29) is 12.3 Å². The number of hydrogen-bond donors (Lipinski definition) is 1. The van der Waals surface area contributed by atoms with Crippen LogP contribution in [0.3, 0.4) is 0 Å². The number of nitrogens with one attached hydrogen (secondary N) is 1. The van der Waals surface area contributed by atoms with Crippen LogP contribution in [0.1, 0.15) is 30.6 Å². The number of rotatable bonds is 5. The van der Waals surface area contributed by atoms with Gasteiger partial charge in [0, 0.05) is 36.3 Å². The molecule has 1 N–H and O–H groups in total. The molecule has 1 fully saturated rings. The van der Waals surface area contributed by atoms with Crippen molar-refractivity contribution in [1.82, 2.24) is 20.1 Å². The van der Waals surface area contributed by atoms with Gasteiger partial charge in [-0.3, -0.25) is 14.6 Å². The molecule has 5 rings (SSSR count). The fourth-order valence-electron chi connectivity index (χ4n) is 4.53. The molecule has 0 radical (unpaired) electrons. The highest BCUT2D eigenvalue weighted by Gasteiger charge is 2.45. The number of hydrogen-bond acceptors (Lipinski definition) is 4. The molecule has 0 saturated carbocycles. The molecule has 35 heavy (non-hydrogen) atoms. The van der Waals surface area contributed by atoms with E-state index < -0.39 is 23.9 Å². The number of fused-ring (bicyclic) bond motifs is 1. The zero-order valence-corrected chi connectivity index (χ0v) is 19.2. The molecule has 9 heteroatoms. The molecule has 1 aliphatic rings. The zero-order chi connectivity index (χ0) is 24.7. The second kappa shape index (κ2) is 8.57. The van der Waals surface area contributed by atoms with Crippen LogP contribution in [0.4, 0.5) is 14.5 Å².